The maximum Gasteiger partial charge on any atom is 0.0557 e. The highest BCUT2D eigenvalue weighted by Gasteiger charge is 2.33. The molecule has 2 aromatic carbocycles. The van der Waals surface area contributed by atoms with E-state index in [4.69, 9.17) is 34.8 Å². The highest BCUT2D eigenvalue weighted by Crippen LogP contribution is 2.40. The van der Waals surface area contributed by atoms with E-state index in [2.05, 4.69) is 46.9 Å². The minimum Gasteiger partial charge on any atom is -0.364 e. The Kier molecular flexibility index (Phi) is 7.16. The van der Waals surface area contributed by atoms with Gasteiger partial charge in [0.25, 0.3) is 0 Å². The van der Waals surface area contributed by atoms with Crippen LogP contribution in [0.25, 0.3) is 0 Å². The lowest BCUT2D eigenvalue weighted by Gasteiger charge is -2.45. The third-order valence-corrected chi connectivity index (χ3v) is 7.43. The summed E-state index contributed by atoms with van der Waals surface area (Å²) in [5.74, 6) is 0.633. The van der Waals surface area contributed by atoms with Gasteiger partial charge in [-0.1, -0.05) is 40.9 Å². The van der Waals surface area contributed by atoms with Gasteiger partial charge in [0.1, 0.15) is 0 Å². The van der Waals surface area contributed by atoms with E-state index in [-0.39, 0.29) is 6.04 Å². The van der Waals surface area contributed by atoms with Crippen LogP contribution in [-0.4, -0.2) is 55.6 Å². The molecule has 3 unspecified atom stereocenters. The molecular weight excluding hydrogens is 437 g/mol. The fraction of sp³-hybridized carbons (Fsp3) is 0.500. The zero-order chi connectivity index (χ0) is 21.3. The fourth-order valence-corrected chi connectivity index (χ4v) is 5.65. The fourth-order valence-electron chi connectivity index (χ4n) is 4.99. The lowest BCUT2D eigenvalue weighted by atomic mass is 9.87. The van der Waals surface area contributed by atoms with Crippen LogP contribution in [0.2, 0.25) is 15.1 Å². The predicted molar refractivity (Wildman–Crippen MR) is 129 cm³/mol. The summed E-state index contributed by atoms with van der Waals surface area (Å²) in [5.41, 5.74) is 2.36. The lowest BCUT2D eigenvalue weighted by molar-refractivity contribution is 0.0804. The van der Waals surface area contributed by atoms with Crippen LogP contribution >= 0.6 is 34.8 Å². The first-order chi connectivity index (χ1) is 14.4. The van der Waals surface area contributed by atoms with E-state index in [0.717, 1.165) is 54.8 Å². The van der Waals surface area contributed by atoms with Crippen LogP contribution in [0.3, 0.4) is 0 Å². The Balaban J connectivity index is 1.56. The summed E-state index contributed by atoms with van der Waals surface area (Å²) in [6.45, 7) is 7.98. The van der Waals surface area contributed by atoms with Crippen molar-refractivity contribution in [3.63, 3.8) is 0 Å². The summed E-state index contributed by atoms with van der Waals surface area (Å²) < 4.78 is 0. The normalized spacial score (nSPS) is 26.2. The second kappa shape index (κ2) is 9.67. The SMILES string of the molecule is CC1CN(C)CCN1CC1CCC(c2ccc(Cl)cc2Cl)N(c2ccc(Cl)cc2)C1. The smallest absolute Gasteiger partial charge is 0.0557 e. The Bertz CT molecular complexity index is 857. The molecule has 0 aliphatic carbocycles. The van der Waals surface area contributed by atoms with Crippen molar-refractivity contribution in [2.75, 3.05) is 44.7 Å². The summed E-state index contributed by atoms with van der Waals surface area (Å²) in [7, 11) is 2.22. The van der Waals surface area contributed by atoms with E-state index in [1.807, 2.05) is 24.3 Å². The van der Waals surface area contributed by atoms with Gasteiger partial charge in [0, 0.05) is 59.5 Å². The van der Waals surface area contributed by atoms with E-state index in [9.17, 15) is 0 Å². The van der Waals surface area contributed by atoms with E-state index >= 15 is 0 Å². The lowest BCUT2D eigenvalue weighted by Crippen LogP contribution is -2.53. The number of hydrogen-bond donors (Lipinski definition) is 0. The molecular formula is C24H30Cl3N3. The van der Waals surface area contributed by atoms with Gasteiger partial charge in [-0.2, -0.15) is 0 Å². The van der Waals surface area contributed by atoms with E-state index in [1.165, 1.54) is 12.1 Å². The van der Waals surface area contributed by atoms with Crippen molar-refractivity contribution in [3.8, 4) is 0 Å². The molecule has 2 fully saturated rings. The van der Waals surface area contributed by atoms with E-state index < -0.39 is 0 Å². The Labute approximate surface area is 195 Å². The van der Waals surface area contributed by atoms with E-state index in [0.29, 0.717) is 17.0 Å². The maximum absolute atomic E-state index is 6.62. The zero-order valence-corrected chi connectivity index (χ0v) is 20.0. The largest absolute Gasteiger partial charge is 0.364 e. The molecule has 0 saturated carbocycles. The number of rotatable bonds is 4. The molecule has 0 spiro atoms. The van der Waals surface area contributed by atoms with Gasteiger partial charge in [-0.05, 0) is 74.7 Å². The highest BCUT2D eigenvalue weighted by molar-refractivity contribution is 6.35. The molecule has 0 bridgehead atoms. The van der Waals surface area contributed by atoms with Crippen molar-refractivity contribution in [1.82, 2.24) is 9.80 Å². The molecule has 162 valence electrons. The minimum atomic E-state index is 0.247. The molecule has 0 amide bonds. The van der Waals surface area contributed by atoms with Gasteiger partial charge in [-0.15, -0.1) is 0 Å². The van der Waals surface area contributed by atoms with E-state index in [1.54, 1.807) is 0 Å². The second-order valence-corrected chi connectivity index (χ2v) is 10.1. The number of halogens is 3. The van der Waals surface area contributed by atoms with Gasteiger partial charge in [-0.25, -0.2) is 0 Å². The van der Waals surface area contributed by atoms with Crippen LogP contribution in [0.5, 0.6) is 0 Å². The average molecular weight is 467 g/mol. The highest BCUT2D eigenvalue weighted by atomic mass is 35.5. The Morgan fingerprint density at radius 1 is 0.900 bits per heavy atom. The standard InChI is InChI=1S/C24H30Cl3N3/c1-17-14-28(2)11-12-29(17)15-18-3-10-24(22-9-6-20(26)13-23(22)27)30(16-18)21-7-4-19(25)5-8-21/h4-9,13,17-18,24H,3,10-12,14-16H2,1-2H3. The minimum absolute atomic E-state index is 0.247. The van der Waals surface area contributed by atoms with Crippen molar-refractivity contribution in [3.05, 3.63) is 63.1 Å². The first kappa shape index (κ1) is 22.2. The number of likely N-dealkylation sites (N-methyl/N-ethyl adjacent to an activating group) is 1. The summed E-state index contributed by atoms with van der Waals surface area (Å²) >= 11 is 18.9. The third-order valence-electron chi connectivity index (χ3n) is 6.62. The van der Waals surface area contributed by atoms with Crippen LogP contribution in [0.1, 0.15) is 31.4 Å². The van der Waals surface area contributed by atoms with Crippen molar-refractivity contribution in [2.24, 2.45) is 5.92 Å². The number of benzene rings is 2. The summed E-state index contributed by atoms with van der Waals surface area (Å²) in [6.07, 6.45) is 2.28. The van der Waals surface area contributed by atoms with Crippen LogP contribution in [-0.2, 0) is 0 Å². The van der Waals surface area contributed by atoms with Gasteiger partial charge >= 0.3 is 0 Å². The second-order valence-electron chi connectivity index (χ2n) is 8.86. The molecule has 0 radical (unpaired) electrons. The number of hydrogen-bond acceptors (Lipinski definition) is 3. The monoisotopic (exact) mass is 465 g/mol. The van der Waals surface area contributed by atoms with Gasteiger partial charge in [0.2, 0.25) is 0 Å². The first-order valence-corrected chi connectivity index (χ1v) is 11.9. The molecule has 2 aliphatic heterocycles. The average Bonchev–Trinajstić information content (AvgIpc) is 2.71. The number of piperazine rings is 1. The number of nitrogens with zero attached hydrogens (tertiary/aromatic N) is 3. The maximum atomic E-state index is 6.62. The van der Waals surface area contributed by atoms with Gasteiger partial charge in [-0.3, -0.25) is 4.90 Å². The van der Waals surface area contributed by atoms with Crippen molar-refractivity contribution in [2.45, 2.75) is 31.8 Å². The van der Waals surface area contributed by atoms with Gasteiger partial charge < -0.3 is 9.80 Å². The molecule has 2 aromatic rings. The predicted octanol–water partition coefficient (Wildman–Crippen LogP) is 6.24. The Morgan fingerprint density at radius 2 is 1.63 bits per heavy atom. The Hall–Kier alpha value is -0.970. The Morgan fingerprint density at radius 3 is 2.33 bits per heavy atom. The van der Waals surface area contributed by atoms with Gasteiger partial charge in [0.05, 0.1) is 6.04 Å². The van der Waals surface area contributed by atoms with Crippen molar-refractivity contribution >= 4 is 40.5 Å². The summed E-state index contributed by atoms with van der Waals surface area (Å²) in [4.78, 5) is 7.61. The molecule has 0 N–H and O–H groups in total. The molecule has 3 nitrogen and oxygen atoms in total. The molecule has 2 aliphatic rings. The molecule has 2 saturated heterocycles. The molecule has 30 heavy (non-hydrogen) atoms. The molecule has 0 aromatic heterocycles. The van der Waals surface area contributed by atoms with Crippen molar-refractivity contribution in [1.29, 1.82) is 0 Å². The van der Waals surface area contributed by atoms with Crippen molar-refractivity contribution < 1.29 is 0 Å². The number of anilines is 1. The van der Waals surface area contributed by atoms with Crippen LogP contribution in [0.4, 0.5) is 5.69 Å². The summed E-state index contributed by atoms with van der Waals surface area (Å²) in [6, 6.07) is 14.9. The quantitative estimate of drug-likeness (QED) is 0.528. The summed E-state index contributed by atoms with van der Waals surface area (Å²) in [5, 5.41) is 2.19. The molecule has 6 heteroatoms. The van der Waals surface area contributed by atoms with Crippen LogP contribution < -0.4 is 4.90 Å². The third kappa shape index (κ3) is 5.08. The topological polar surface area (TPSA) is 9.72 Å². The first-order valence-electron chi connectivity index (χ1n) is 10.8. The molecule has 2 heterocycles. The van der Waals surface area contributed by atoms with Gasteiger partial charge in [0.15, 0.2) is 0 Å². The number of piperidine rings is 1. The molecule has 3 atom stereocenters. The molecule has 4 rings (SSSR count). The van der Waals surface area contributed by atoms with Crippen LogP contribution in [0, 0.1) is 5.92 Å². The van der Waals surface area contributed by atoms with Crippen LogP contribution in [0.15, 0.2) is 42.5 Å². The zero-order valence-electron chi connectivity index (χ0n) is 17.7.